The summed E-state index contributed by atoms with van der Waals surface area (Å²) < 4.78 is 1.17. The molecule has 1 atom stereocenters. The van der Waals surface area contributed by atoms with Gasteiger partial charge in [-0.3, -0.25) is 14.7 Å². The van der Waals surface area contributed by atoms with E-state index in [0.717, 1.165) is 37.4 Å². The summed E-state index contributed by atoms with van der Waals surface area (Å²) >= 11 is 15.0. The van der Waals surface area contributed by atoms with E-state index in [1.165, 1.54) is 35.7 Å². The number of nitrogens with zero attached hydrogens (tertiary/aromatic N) is 4. The molecule has 8 heteroatoms. The minimum atomic E-state index is -0.0850. The molecule has 5 rings (SSSR count). The van der Waals surface area contributed by atoms with Crippen LogP contribution in [0.1, 0.15) is 50.1 Å². The molecule has 3 aliphatic rings. The van der Waals surface area contributed by atoms with E-state index in [1.54, 1.807) is 6.07 Å². The molecule has 2 heterocycles. The van der Waals surface area contributed by atoms with Crippen molar-refractivity contribution in [2.45, 2.75) is 50.6 Å². The molecular formula is C26H29Cl2IN4O. The lowest BCUT2D eigenvalue weighted by atomic mass is 9.94. The van der Waals surface area contributed by atoms with Gasteiger partial charge in [0.05, 0.1) is 16.8 Å². The van der Waals surface area contributed by atoms with Crippen LogP contribution >= 0.6 is 45.8 Å². The Hall–Kier alpha value is -1.35. The molecule has 2 aromatic carbocycles. The topological polar surface area (TPSA) is 39.2 Å². The molecule has 1 amide bonds. The van der Waals surface area contributed by atoms with Crippen molar-refractivity contribution in [1.29, 1.82) is 0 Å². The number of hydrogen-bond donors (Lipinski definition) is 0. The molecule has 2 aromatic rings. The standard InChI is InChI=1S/C26H29Cl2IN4O/c27-19-8-11-24(22(28)16-19)33-25(18-6-9-20(29)10-7-18)17-23(30-33)26(34)32-14-12-31(13-15-32)21-4-2-1-3-5-21/h6-11,16,21,25H,1-5,12-15,17H2. The SMILES string of the molecule is O=C(C1=NN(c2ccc(Cl)cc2Cl)C(c2ccc(I)cc2)C1)N1CCN(C2CCCCC2)CC1. The second-order valence-electron chi connectivity index (χ2n) is 9.38. The number of piperazine rings is 1. The zero-order valence-electron chi connectivity index (χ0n) is 19.1. The first-order valence-corrected chi connectivity index (χ1v) is 13.9. The molecule has 0 aromatic heterocycles. The average Bonchev–Trinajstić information content (AvgIpc) is 3.30. The van der Waals surface area contributed by atoms with Crippen LogP contribution in [0.3, 0.4) is 0 Å². The van der Waals surface area contributed by atoms with Crippen LogP contribution in [0.4, 0.5) is 5.69 Å². The number of rotatable bonds is 4. The van der Waals surface area contributed by atoms with Crippen LogP contribution in [-0.2, 0) is 4.79 Å². The number of carbonyl (C=O) groups is 1. The molecule has 0 bridgehead atoms. The van der Waals surface area contributed by atoms with Gasteiger partial charge in [0, 0.05) is 47.2 Å². The van der Waals surface area contributed by atoms with Gasteiger partial charge in [-0.05, 0) is 71.3 Å². The second kappa shape index (κ2) is 10.7. The van der Waals surface area contributed by atoms with Crippen molar-refractivity contribution in [3.05, 3.63) is 61.6 Å². The Balaban J connectivity index is 1.34. The molecule has 5 nitrogen and oxygen atoms in total. The summed E-state index contributed by atoms with van der Waals surface area (Å²) in [5.74, 6) is 0.0476. The lowest BCUT2D eigenvalue weighted by molar-refractivity contribution is -0.126. The average molecular weight is 611 g/mol. The fourth-order valence-corrected chi connectivity index (χ4v) is 6.25. The largest absolute Gasteiger partial charge is 0.335 e. The highest BCUT2D eigenvalue weighted by Gasteiger charge is 2.36. The van der Waals surface area contributed by atoms with Gasteiger partial charge in [-0.2, -0.15) is 5.10 Å². The van der Waals surface area contributed by atoms with Crippen molar-refractivity contribution in [3.63, 3.8) is 0 Å². The molecule has 34 heavy (non-hydrogen) atoms. The Morgan fingerprint density at radius 1 is 0.941 bits per heavy atom. The van der Waals surface area contributed by atoms with E-state index in [9.17, 15) is 4.79 Å². The van der Waals surface area contributed by atoms with Crippen molar-refractivity contribution in [2.24, 2.45) is 5.10 Å². The second-order valence-corrected chi connectivity index (χ2v) is 11.5. The van der Waals surface area contributed by atoms with Gasteiger partial charge in [0.1, 0.15) is 5.71 Å². The zero-order valence-corrected chi connectivity index (χ0v) is 22.8. The number of amides is 1. The maximum absolute atomic E-state index is 13.5. The Labute approximate surface area is 225 Å². The van der Waals surface area contributed by atoms with E-state index in [2.05, 4.69) is 51.8 Å². The molecular weight excluding hydrogens is 582 g/mol. The summed E-state index contributed by atoms with van der Waals surface area (Å²) in [6.45, 7) is 3.45. The summed E-state index contributed by atoms with van der Waals surface area (Å²) in [5.41, 5.74) is 2.47. The van der Waals surface area contributed by atoms with E-state index >= 15 is 0 Å². The summed E-state index contributed by atoms with van der Waals surface area (Å²) in [6.07, 6.45) is 7.20. The van der Waals surface area contributed by atoms with Crippen molar-refractivity contribution >= 4 is 63.1 Å². The minimum Gasteiger partial charge on any atom is -0.335 e. The molecule has 1 aliphatic carbocycles. The van der Waals surface area contributed by atoms with E-state index in [0.29, 0.717) is 28.2 Å². The lowest BCUT2D eigenvalue weighted by Crippen LogP contribution is -2.53. The van der Waals surface area contributed by atoms with Gasteiger partial charge in [-0.15, -0.1) is 0 Å². The Bertz CT molecular complexity index is 1060. The van der Waals surface area contributed by atoms with Crippen molar-refractivity contribution in [2.75, 3.05) is 31.2 Å². The van der Waals surface area contributed by atoms with E-state index in [-0.39, 0.29) is 11.9 Å². The third-order valence-electron chi connectivity index (χ3n) is 7.26. The number of anilines is 1. The zero-order chi connectivity index (χ0) is 23.7. The van der Waals surface area contributed by atoms with Crippen LogP contribution < -0.4 is 5.01 Å². The fourth-order valence-electron chi connectivity index (χ4n) is 5.39. The fraction of sp³-hybridized carbons (Fsp3) is 0.462. The van der Waals surface area contributed by atoms with Gasteiger partial charge >= 0.3 is 0 Å². The minimum absolute atomic E-state index is 0.0476. The Morgan fingerprint density at radius 3 is 2.32 bits per heavy atom. The van der Waals surface area contributed by atoms with Crippen LogP contribution in [0.5, 0.6) is 0 Å². The van der Waals surface area contributed by atoms with E-state index < -0.39 is 0 Å². The van der Waals surface area contributed by atoms with Gasteiger partial charge in [-0.25, -0.2) is 0 Å². The molecule has 2 aliphatic heterocycles. The number of carbonyl (C=O) groups excluding carboxylic acids is 1. The monoisotopic (exact) mass is 610 g/mol. The predicted octanol–water partition coefficient (Wildman–Crippen LogP) is 6.38. The quantitative estimate of drug-likeness (QED) is 0.377. The highest BCUT2D eigenvalue weighted by molar-refractivity contribution is 14.1. The smallest absolute Gasteiger partial charge is 0.270 e. The summed E-state index contributed by atoms with van der Waals surface area (Å²) in [5, 5.41) is 7.83. The van der Waals surface area contributed by atoms with Crippen LogP contribution in [0, 0.1) is 3.57 Å². The Morgan fingerprint density at radius 2 is 1.65 bits per heavy atom. The van der Waals surface area contributed by atoms with Crippen LogP contribution in [-0.4, -0.2) is 53.6 Å². The van der Waals surface area contributed by atoms with Crippen LogP contribution in [0.2, 0.25) is 10.0 Å². The maximum atomic E-state index is 13.5. The first-order valence-electron chi connectivity index (χ1n) is 12.1. The molecule has 0 N–H and O–H groups in total. The van der Waals surface area contributed by atoms with Crippen molar-refractivity contribution in [3.8, 4) is 0 Å². The summed E-state index contributed by atoms with van der Waals surface area (Å²) in [7, 11) is 0. The molecule has 2 fully saturated rings. The number of halogens is 3. The molecule has 1 saturated heterocycles. The molecule has 180 valence electrons. The first kappa shape index (κ1) is 24.3. The third-order valence-corrected chi connectivity index (χ3v) is 8.52. The van der Waals surface area contributed by atoms with Gasteiger partial charge < -0.3 is 4.90 Å². The number of hydrazone groups is 1. The van der Waals surface area contributed by atoms with Crippen molar-refractivity contribution < 1.29 is 4.79 Å². The molecule has 1 saturated carbocycles. The highest BCUT2D eigenvalue weighted by atomic mass is 127. The van der Waals surface area contributed by atoms with E-state index in [4.69, 9.17) is 28.3 Å². The number of hydrogen-bond acceptors (Lipinski definition) is 4. The Kier molecular flexibility index (Phi) is 7.68. The van der Waals surface area contributed by atoms with Crippen LogP contribution in [0.15, 0.2) is 47.6 Å². The van der Waals surface area contributed by atoms with Gasteiger partial charge in [0.25, 0.3) is 5.91 Å². The highest BCUT2D eigenvalue weighted by Crippen LogP contribution is 2.40. The molecule has 1 unspecified atom stereocenters. The maximum Gasteiger partial charge on any atom is 0.270 e. The van der Waals surface area contributed by atoms with Gasteiger partial charge in [0.15, 0.2) is 0 Å². The predicted molar refractivity (Wildman–Crippen MR) is 148 cm³/mol. The summed E-state index contributed by atoms with van der Waals surface area (Å²) in [4.78, 5) is 18.1. The third kappa shape index (κ3) is 5.25. The molecule has 0 spiro atoms. The number of benzene rings is 2. The van der Waals surface area contributed by atoms with Gasteiger partial charge in [-0.1, -0.05) is 54.6 Å². The summed E-state index contributed by atoms with van der Waals surface area (Å²) in [6, 6.07) is 14.4. The van der Waals surface area contributed by atoms with Gasteiger partial charge in [0.2, 0.25) is 0 Å². The van der Waals surface area contributed by atoms with E-state index in [1.807, 2.05) is 22.0 Å². The van der Waals surface area contributed by atoms with Crippen molar-refractivity contribution in [1.82, 2.24) is 9.80 Å². The van der Waals surface area contributed by atoms with Crippen LogP contribution in [0.25, 0.3) is 0 Å². The normalized spacial score (nSPS) is 22.2. The first-order chi connectivity index (χ1) is 16.5. The lowest BCUT2D eigenvalue weighted by Gasteiger charge is -2.40. The molecule has 0 radical (unpaired) electrons.